The zero-order chi connectivity index (χ0) is 11.3. The zero-order valence-corrected chi connectivity index (χ0v) is 10.5. The Morgan fingerprint density at radius 3 is 2.27 bits per heavy atom. The van der Waals surface area contributed by atoms with Crippen molar-refractivity contribution in [3.8, 4) is 0 Å². The fourth-order valence-electron chi connectivity index (χ4n) is 1.57. The summed E-state index contributed by atoms with van der Waals surface area (Å²) in [4.78, 5) is 0. The molecule has 0 saturated carbocycles. The van der Waals surface area contributed by atoms with Crippen LogP contribution >= 0.6 is 23.2 Å². The van der Waals surface area contributed by atoms with Gasteiger partial charge in [0.2, 0.25) is 0 Å². The summed E-state index contributed by atoms with van der Waals surface area (Å²) < 4.78 is 0. The molecular weight excluding hydrogens is 229 g/mol. The fraction of sp³-hybridized carbons (Fsp3) is 0.500. The van der Waals surface area contributed by atoms with Gasteiger partial charge in [0.25, 0.3) is 0 Å². The van der Waals surface area contributed by atoms with Gasteiger partial charge in [0, 0.05) is 16.1 Å². The van der Waals surface area contributed by atoms with Crippen molar-refractivity contribution in [1.82, 2.24) is 0 Å². The van der Waals surface area contributed by atoms with Gasteiger partial charge in [-0.25, -0.2) is 0 Å². The molecule has 0 radical (unpaired) electrons. The molecule has 3 heteroatoms. The van der Waals surface area contributed by atoms with Crippen molar-refractivity contribution in [2.24, 2.45) is 5.73 Å². The summed E-state index contributed by atoms with van der Waals surface area (Å²) in [6.45, 7) is 2.18. The van der Waals surface area contributed by atoms with Crippen LogP contribution in [-0.4, -0.2) is 0 Å². The Labute approximate surface area is 102 Å². The van der Waals surface area contributed by atoms with Crippen molar-refractivity contribution in [2.75, 3.05) is 0 Å². The zero-order valence-electron chi connectivity index (χ0n) is 8.97. The molecule has 0 spiro atoms. The number of nitrogens with two attached hydrogens (primary N) is 1. The fourth-order valence-corrected chi connectivity index (χ4v) is 2.11. The Kier molecular flexibility index (Phi) is 5.44. The summed E-state index contributed by atoms with van der Waals surface area (Å²) in [5.41, 5.74) is 7.09. The SMILES string of the molecule is CCCCC[C@@H](N)c1cc(Cl)cc(Cl)c1. The van der Waals surface area contributed by atoms with Gasteiger partial charge in [-0.1, -0.05) is 49.4 Å². The van der Waals surface area contributed by atoms with Gasteiger partial charge in [0.15, 0.2) is 0 Å². The molecular formula is C12H17Cl2N. The van der Waals surface area contributed by atoms with Crippen LogP contribution in [0.3, 0.4) is 0 Å². The van der Waals surface area contributed by atoms with Gasteiger partial charge < -0.3 is 5.73 Å². The number of rotatable bonds is 5. The Morgan fingerprint density at radius 1 is 1.13 bits per heavy atom. The highest BCUT2D eigenvalue weighted by Gasteiger charge is 2.07. The minimum Gasteiger partial charge on any atom is -0.324 e. The molecule has 0 heterocycles. The molecule has 1 atom stereocenters. The highest BCUT2D eigenvalue weighted by molar-refractivity contribution is 6.34. The minimum absolute atomic E-state index is 0.0488. The van der Waals surface area contributed by atoms with Crippen LogP contribution in [0.2, 0.25) is 10.0 Å². The molecule has 1 aromatic carbocycles. The lowest BCUT2D eigenvalue weighted by molar-refractivity contribution is 0.581. The van der Waals surface area contributed by atoms with E-state index in [-0.39, 0.29) is 6.04 Å². The van der Waals surface area contributed by atoms with Crippen LogP contribution in [0.4, 0.5) is 0 Å². The monoisotopic (exact) mass is 245 g/mol. The maximum absolute atomic E-state index is 6.06. The van der Waals surface area contributed by atoms with Gasteiger partial charge in [-0.3, -0.25) is 0 Å². The Bertz CT molecular complexity index is 292. The number of unbranched alkanes of at least 4 members (excludes halogenated alkanes) is 2. The first-order valence-corrected chi connectivity index (χ1v) is 6.10. The number of hydrogen-bond donors (Lipinski definition) is 1. The lowest BCUT2D eigenvalue weighted by atomic mass is 10.0. The van der Waals surface area contributed by atoms with Crippen LogP contribution < -0.4 is 5.73 Å². The Balaban J connectivity index is 2.60. The number of benzene rings is 1. The predicted octanol–water partition coefficient (Wildman–Crippen LogP) is 4.57. The summed E-state index contributed by atoms with van der Waals surface area (Å²) in [5.74, 6) is 0. The summed E-state index contributed by atoms with van der Waals surface area (Å²) >= 11 is 11.8. The third kappa shape index (κ3) is 4.42. The molecule has 0 aliphatic rings. The second kappa shape index (κ2) is 6.37. The van der Waals surface area contributed by atoms with Gasteiger partial charge in [-0.2, -0.15) is 0 Å². The van der Waals surface area contributed by atoms with E-state index in [0.717, 1.165) is 18.4 Å². The van der Waals surface area contributed by atoms with Crippen LogP contribution in [-0.2, 0) is 0 Å². The summed E-state index contributed by atoms with van der Waals surface area (Å²) in [6, 6.07) is 5.56. The largest absolute Gasteiger partial charge is 0.324 e. The van der Waals surface area contributed by atoms with E-state index < -0.39 is 0 Å². The van der Waals surface area contributed by atoms with Crippen LogP contribution in [0.1, 0.15) is 44.2 Å². The molecule has 0 saturated heterocycles. The average molecular weight is 246 g/mol. The lowest BCUT2D eigenvalue weighted by Gasteiger charge is -2.12. The quantitative estimate of drug-likeness (QED) is 0.756. The van der Waals surface area contributed by atoms with E-state index >= 15 is 0 Å². The van der Waals surface area contributed by atoms with Crippen molar-refractivity contribution in [3.05, 3.63) is 33.8 Å². The first-order valence-electron chi connectivity index (χ1n) is 5.35. The lowest BCUT2D eigenvalue weighted by Crippen LogP contribution is -2.10. The van der Waals surface area contributed by atoms with Gasteiger partial charge in [0.05, 0.1) is 0 Å². The molecule has 0 fully saturated rings. The molecule has 1 rings (SSSR count). The summed E-state index contributed by atoms with van der Waals surface area (Å²) in [5, 5.41) is 1.31. The Morgan fingerprint density at radius 2 is 1.73 bits per heavy atom. The van der Waals surface area contributed by atoms with E-state index in [1.165, 1.54) is 12.8 Å². The van der Waals surface area contributed by atoms with E-state index in [4.69, 9.17) is 28.9 Å². The van der Waals surface area contributed by atoms with Crippen molar-refractivity contribution >= 4 is 23.2 Å². The number of hydrogen-bond acceptors (Lipinski definition) is 1. The maximum atomic E-state index is 6.06. The third-order valence-corrected chi connectivity index (χ3v) is 2.87. The van der Waals surface area contributed by atoms with Crippen LogP contribution in [0.25, 0.3) is 0 Å². The van der Waals surface area contributed by atoms with E-state index in [2.05, 4.69) is 6.92 Å². The molecule has 1 nitrogen and oxygen atoms in total. The summed E-state index contributed by atoms with van der Waals surface area (Å²) in [6.07, 6.45) is 4.58. The van der Waals surface area contributed by atoms with Gasteiger partial charge >= 0.3 is 0 Å². The predicted molar refractivity (Wildman–Crippen MR) is 67.5 cm³/mol. The smallest absolute Gasteiger partial charge is 0.0424 e. The van der Waals surface area contributed by atoms with E-state index in [9.17, 15) is 0 Å². The van der Waals surface area contributed by atoms with Crippen LogP contribution in [0.5, 0.6) is 0 Å². The van der Waals surface area contributed by atoms with Gasteiger partial charge in [0.1, 0.15) is 0 Å². The third-order valence-electron chi connectivity index (χ3n) is 2.43. The molecule has 84 valence electrons. The molecule has 0 aliphatic carbocycles. The highest BCUT2D eigenvalue weighted by atomic mass is 35.5. The van der Waals surface area contributed by atoms with E-state index in [1.54, 1.807) is 6.07 Å². The topological polar surface area (TPSA) is 26.0 Å². The second-order valence-electron chi connectivity index (χ2n) is 3.81. The standard InChI is InChI=1S/C12H17Cl2N/c1-2-3-4-5-12(15)9-6-10(13)8-11(14)7-9/h6-8,12H,2-5,15H2,1H3/t12-/m1/s1. The van der Waals surface area contributed by atoms with E-state index in [0.29, 0.717) is 10.0 Å². The molecule has 0 aliphatic heterocycles. The molecule has 15 heavy (non-hydrogen) atoms. The normalized spacial score (nSPS) is 12.8. The van der Waals surface area contributed by atoms with Gasteiger partial charge in [-0.15, -0.1) is 0 Å². The number of halogens is 2. The first-order chi connectivity index (χ1) is 7.13. The van der Waals surface area contributed by atoms with Gasteiger partial charge in [-0.05, 0) is 30.2 Å². The first kappa shape index (κ1) is 12.8. The van der Waals surface area contributed by atoms with Crippen molar-refractivity contribution in [3.63, 3.8) is 0 Å². The van der Waals surface area contributed by atoms with Crippen LogP contribution in [0.15, 0.2) is 18.2 Å². The summed E-state index contributed by atoms with van der Waals surface area (Å²) in [7, 11) is 0. The molecule has 1 aromatic rings. The van der Waals surface area contributed by atoms with Crippen molar-refractivity contribution in [1.29, 1.82) is 0 Å². The highest BCUT2D eigenvalue weighted by Crippen LogP contribution is 2.25. The minimum atomic E-state index is 0.0488. The van der Waals surface area contributed by atoms with Crippen molar-refractivity contribution < 1.29 is 0 Å². The molecule has 2 N–H and O–H groups in total. The van der Waals surface area contributed by atoms with E-state index in [1.807, 2.05) is 12.1 Å². The molecule has 0 bridgehead atoms. The average Bonchev–Trinajstić information content (AvgIpc) is 2.16. The molecule has 0 unspecified atom stereocenters. The Hall–Kier alpha value is -0.240. The maximum Gasteiger partial charge on any atom is 0.0424 e. The van der Waals surface area contributed by atoms with Crippen molar-refractivity contribution in [2.45, 2.75) is 38.6 Å². The van der Waals surface area contributed by atoms with Crippen LogP contribution in [0, 0.1) is 0 Å². The second-order valence-corrected chi connectivity index (χ2v) is 4.68. The molecule has 0 aromatic heterocycles. The molecule has 0 amide bonds.